The van der Waals surface area contributed by atoms with Crippen molar-refractivity contribution >= 4 is 21.7 Å². The van der Waals surface area contributed by atoms with Crippen molar-refractivity contribution in [3.05, 3.63) is 31.9 Å². The van der Waals surface area contributed by atoms with Crippen LogP contribution in [0.4, 0.5) is 14.6 Å². The summed E-state index contributed by atoms with van der Waals surface area (Å²) in [6.45, 7) is 1.31. The van der Waals surface area contributed by atoms with Gasteiger partial charge >= 0.3 is 5.82 Å². The summed E-state index contributed by atoms with van der Waals surface area (Å²) >= 11 is 2.81. The predicted octanol–water partition coefficient (Wildman–Crippen LogP) is 3.00. The number of nitrogens with zero attached hydrogens (tertiary/aromatic N) is 2. The molecule has 0 aliphatic carbocycles. The molecule has 0 saturated carbocycles. The van der Waals surface area contributed by atoms with Crippen LogP contribution in [0.15, 0.2) is 10.5 Å². The Bertz CT molecular complexity index is 384. The first-order chi connectivity index (χ1) is 6.43. The third-order valence-corrected chi connectivity index (χ3v) is 2.18. The second-order valence-corrected chi connectivity index (χ2v) is 3.38. The summed E-state index contributed by atoms with van der Waals surface area (Å²) in [5.74, 6) is -0.452. The summed E-state index contributed by atoms with van der Waals surface area (Å²) in [5, 5.41) is 10.4. The van der Waals surface area contributed by atoms with E-state index in [-0.39, 0.29) is 15.7 Å². The molecule has 0 fully saturated rings. The predicted molar refractivity (Wildman–Crippen MR) is 48.3 cm³/mol. The molecule has 0 saturated heterocycles. The molecule has 0 radical (unpaired) electrons. The maximum Gasteiger partial charge on any atom is 0.378 e. The van der Waals surface area contributed by atoms with Crippen LogP contribution in [0.5, 0.6) is 0 Å². The fourth-order valence-corrected chi connectivity index (χ4v) is 1.41. The molecule has 1 aromatic heterocycles. The van der Waals surface area contributed by atoms with Gasteiger partial charge in [-0.15, -0.1) is 0 Å². The summed E-state index contributed by atoms with van der Waals surface area (Å²) < 4.78 is 24.6. The molecule has 7 heteroatoms. The van der Waals surface area contributed by atoms with Gasteiger partial charge in [0.15, 0.2) is 5.69 Å². The molecule has 76 valence electrons. The van der Waals surface area contributed by atoms with Gasteiger partial charge < -0.3 is 10.1 Å². The van der Waals surface area contributed by atoms with Gasteiger partial charge in [0.25, 0.3) is 6.43 Å². The molecule has 14 heavy (non-hydrogen) atoms. The fraction of sp³-hybridized carbons (Fsp3) is 0.286. The second kappa shape index (κ2) is 3.95. The number of alkyl halides is 2. The number of halogens is 3. The SMILES string of the molecule is Cc1nc([N+](=O)[O-])c(Br)cc1C(F)F. The van der Waals surface area contributed by atoms with Gasteiger partial charge in [-0.1, -0.05) is 0 Å². The zero-order valence-corrected chi connectivity index (χ0v) is 8.59. The lowest BCUT2D eigenvalue weighted by Crippen LogP contribution is -1.99. The maximum atomic E-state index is 12.3. The van der Waals surface area contributed by atoms with Crippen LogP contribution < -0.4 is 0 Å². The van der Waals surface area contributed by atoms with Gasteiger partial charge in [0.1, 0.15) is 4.47 Å². The van der Waals surface area contributed by atoms with Crippen LogP contribution in [0.3, 0.4) is 0 Å². The van der Waals surface area contributed by atoms with Gasteiger partial charge in [-0.05, 0) is 31.9 Å². The van der Waals surface area contributed by atoms with E-state index in [0.29, 0.717) is 0 Å². The molecule has 1 rings (SSSR count). The highest BCUT2D eigenvalue weighted by molar-refractivity contribution is 9.10. The lowest BCUT2D eigenvalue weighted by atomic mass is 10.2. The van der Waals surface area contributed by atoms with Crippen molar-refractivity contribution in [2.24, 2.45) is 0 Å². The molecule has 4 nitrogen and oxygen atoms in total. The molecule has 0 aromatic carbocycles. The molecule has 0 unspecified atom stereocenters. The lowest BCUT2D eigenvalue weighted by molar-refractivity contribution is -0.390. The molecular formula is C7H5BrF2N2O2. The van der Waals surface area contributed by atoms with Crippen molar-refractivity contribution in [1.29, 1.82) is 0 Å². The van der Waals surface area contributed by atoms with Gasteiger partial charge in [0, 0.05) is 6.92 Å². The first kappa shape index (κ1) is 11.0. The number of aromatic nitrogens is 1. The minimum atomic E-state index is -2.68. The third kappa shape index (κ3) is 2.03. The zero-order valence-electron chi connectivity index (χ0n) is 7.00. The quantitative estimate of drug-likeness (QED) is 0.611. The minimum Gasteiger partial charge on any atom is -0.358 e. The van der Waals surface area contributed by atoms with E-state index in [1.54, 1.807) is 0 Å². The summed E-state index contributed by atoms with van der Waals surface area (Å²) in [6, 6.07) is 1.02. The monoisotopic (exact) mass is 266 g/mol. The average Bonchev–Trinajstić information content (AvgIpc) is 2.07. The van der Waals surface area contributed by atoms with Crippen molar-refractivity contribution in [2.45, 2.75) is 13.3 Å². The first-order valence-corrected chi connectivity index (χ1v) is 4.32. The second-order valence-electron chi connectivity index (χ2n) is 2.53. The highest BCUT2D eigenvalue weighted by Crippen LogP contribution is 2.29. The molecule has 0 amide bonds. The van der Waals surface area contributed by atoms with Gasteiger partial charge in [-0.25, -0.2) is 8.78 Å². The van der Waals surface area contributed by atoms with Crippen molar-refractivity contribution < 1.29 is 13.7 Å². The van der Waals surface area contributed by atoms with E-state index in [9.17, 15) is 18.9 Å². The normalized spacial score (nSPS) is 10.6. The first-order valence-electron chi connectivity index (χ1n) is 3.53. The van der Waals surface area contributed by atoms with Gasteiger partial charge in [0.05, 0.1) is 5.56 Å². The van der Waals surface area contributed by atoms with Gasteiger partial charge in [0.2, 0.25) is 0 Å². The minimum absolute atomic E-state index is 0.0325. The van der Waals surface area contributed by atoms with Crippen LogP contribution in [0.1, 0.15) is 17.7 Å². The number of nitro groups is 1. The Kier molecular flexibility index (Phi) is 3.10. The van der Waals surface area contributed by atoms with E-state index >= 15 is 0 Å². The van der Waals surface area contributed by atoms with Crippen molar-refractivity contribution in [3.63, 3.8) is 0 Å². The lowest BCUT2D eigenvalue weighted by Gasteiger charge is -2.02. The molecular weight excluding hydrogens is 262 g/mol. The summed E-state index contributed by atoms with van der Waals surface area (Å²) in [5.41, 5.74) is -0.336. The van der Waals surface area contributed by atoms with E-state index in [2.05, 4.69) is 20.9 Å². The van der Waals surface area contributed by atoms with Crippen LogP contribution in [0.2, 0.25) is 0 Å². The summed E-state index contributed by atoms with van der Waals surface area (Å²) in [4.78, 5) is 13.1. The van der Waals surface area contributed by atoms with Crippen molar-refractivity contribution in [3.8, 4) is 0 Å². The Labute approximate surface area is 86.2 Å². The Morgan fingerprint density at radius 1 is 1.64 bits per heavy atom. The smallest absolute Gasteiger partial charge is 0.358 e. The fourth-order valence-electron chi connectivity index (χ4n) is 0.931. The molecule has 1 heterocycles. The largest absolute Gasteiger partial charge is 0.378 e. The van der Waals surface area contributed by atoms with E-state index in [4.69, 9.17) is 0 Å². The van der Waals surface area contributed by atoms with Gasteiger partial charge in [-0.2, -0.15) is 0 Å². The van der Waals surface area contributed by atoms with Crippen LogP contribution in [0.25, 0.3) is 0 Å². The Hall–Kier alpha value is -1.11. The number of hydrogen-bond donors (Lipinski definition) is 0. The summed E-state index contributed by atoms with van der Waals surface area (Å²) in [7, 11) is 0. The van der Waals surface area contributed by atoms with Crippen molar-refractivity contribution in [1.82, 2.24) is 4.98 Å². The highest BCUT2D eigenvalue weighted by Gasteiger charge is 2.22. The number of hydrogen-bond acceptors (Lipinski definition) is 3. The number of pyridine rings is 1. The van der Waals surface area contributed by atoms with Crippen LogP contribution in [-0.4, -0.2) is 9.91 Å². The van der Waals surface area contributed by atoms with Crippen molar-refractivity contribution in [2.75, 3.05) is 0 Å². The third-order valence-electron chi connectivity index (χ3n) is 1.60. The number of rotatable bonds is 2. The van der Waals surface area contributed by atoms with E-state index in [1.807, 2.05) is 0 Å². The topological polar surface area (TPSA) is 56.0 Å². The highest BCUT2D eigenvalue weighted by atomic mass is 79.9. The Balaban J connectivity index is 3.31. The number of aryl methyl sites for hydroxylation is 1. The molecule has 0 atom stereocenters. The molecule has 0 N–H and O–H groups in total. The van der Waals surface area contributed by atoms with E-state index in [1.165, 1.54) is 6.92 Å². The summed E-state index contributed by atoms with van der Waals surface area (Å²) in [6.07, 6.45) is -2.68. The molecule has 1 aromatic rings. The standard InChI is InChI=1S/C7H5BrF2N2O2/c1-3-4(6(9)10)2-5(8)7(11-3)12(13)14/h2,6H,1H3. The van der Waals surface area contributed by atoms with Crippen LogP contribution in [-0.2, 0) is 0 Å². The molecule has 0 bridgehead atoms. The molecule has 0 aliphatic rings. The Morgan fingerprint density at radius 3 is 2.64 bits per heavy atom. The van der Waals surface area contributed by atoms with Crippen LogP contribution in [0, 0.1) is 17.0 Å². The van der Waals surface area contributed by atoms with Gasteiger partial charge in [-0.3, -0.25) is 0 Å². The Morgan fingerprint density at radius 2 is 2.21 bits per heavy atom. The maximum absolute atomic E-state index is 12.3. The van der Waals surface area contributed by atoms with Crippen LogP contribution >= 0.6 is 15.9 Å². The molecule has 0 spiro atoms. The van der Waals surface area contributed by atoms with E-state index < -0.39 is 17.2 Å². The van der Waals surface area contributed by atoms with E-state index in [0.717, 1.165) is 6.07 Å². The molecule has 0 aliphatic heterocycles. The average molecular weight is 267 g/mol. The zero-order chi connectivity index (χ0) is 10.9.